The lowest BCUT2D eigenvalue weighted by atomic mass is 9.82. The van der Waals surface area contributed by atoms with Crippen LogP contribution in [0.25, 0.3) is 0 Å². The molecule has 6 nitrogen and oxygen atoms in total. The van der Waals surface area contributed by atoms with Crippen LogP contribution in [0, 0.1) is 0 Å². The Morgan fingerprint density at radius 2 is 1.11 bits per heavy atom. The van der Waals surface area contributed by atoms with E-state index in [2.05, 4.69) is 35.6 Å². The number of fused-ring (bicyclic) bond motifs is 2. The number of anilines is 2. The molecule has 3 rings (SSSR count). The van der Waals surface area contributed by atoms with E-state index in [0.717, 1.165) is 38.8 Å². The molecular formula is C22H28N4O2. The zero-order chi connectivity index (χ0) is 19.9. The minimum absolute atomic E-state index is 0.137. The van der Waals surface area contributed by atoms with Crippen LogP contribution < -0.4 is 21.7 Å². The summed E-state index contributed by atoms with van der Waals surface area (Å²) in [5.74, 6) is -0.274. The largest absolute Gasteiger partial charge is 0.321 e. The first-order valence-corrected chi connectivity index (χ1v) is 10.0. The maximum atomic E-state index is 13.2. The van der Waals surface area contributed by atoms with Gasteiger partial charge >= 0.3 is 0 Å². The molecular weight excluding hydrogens is 352 g/mol. The van der Waals surface area contributed by atoms with Gasteiger partial charge in [0, 0.05) is 24.2 Å². The summed E-state index contributed by atoms with van der Waals surface area (Å²) in [6, 6.07) is 10.7. The van der Waals surface area contributed by atoms with E-state index in [-0.39, 0.29) is 11.6 Å². The molecule has 0 unspecified atom stereocenters. The minimum atomic E-state index is -0.137. The maximum Gasteiger partial charge on any atom is 0.196 e. The van der Waals surface area contributed by atoms with Gasteiger partial charge in [0.15, 0.2) is 11.6 Å². The van der Waals surface area contributed by atoms with Crippen LogP contribution in [0.2, 0.25) is 0 Å². The van der Waals surface area contributed by atoms with Crippen LogP contribution in [-0.4, -0.2) is 24.7 Å². The first-order chi connectivity index (χ1) is 13.7. The molecule has 4 N–H and O–H groups in total. The highest BCUT2D eigenvalue weighted by atomic mass is 16.1. The maximum absolute atomic E-state index is 13.2. The first kappa shape index (κ1) is 20.0. The van der Waals surface area contributed by atoms with E-state index in [9.17, 15) is 9.59 Å². The highest BCUT2D eigenvalue weighted by Gasteiger charge is 2.33. The highest BCUT2D eigenvalue weighted by molar-refractivity contribution is 6.31. The van der Waals surface area contributed by atoms with E-state index < -0.39 is 0 Å². The number of nitrogens with one attached hydrogen (secondary N) is 4. The normalized spacial score (nSPS) is 12.5. The van der Waals surface area contributed by atoms with Crippen molar-refractivity contribution in [1.29, 1.82) is 0 Å². The van der Waals surface area contributed by atoms with E-state index in [1.54, 1.807) is 24.3 Å². The molecule has 1 aliphatic rings. The number of hydrogen-bond acceptors (Lipinski definition) is 6. The van der Waals surface area contributed by atoms with E-state index in [0.29, 0.717) is 33.6 Å². The van der Waals surface area contributed by atoms with Gasteiger partial charge in [-0.3, -0.25) is 9.59 Å². The molecule has 0 spiro atoms. The lowest BCUT2D eigenvalue weighted by Crippen LogP contribution is -2.30. The van der Waals surface area contributed by atoms with Gasteiger partial charge in [-0.1, -0.05) is 51.0 Å². The second kappa shape index (κ2) is 9.48. The summed E-state index contributed by atoms with van der Waals surface area (Å²) in [4.78, 5) is 26.4. The number of ketones is 2. The third-order valence-corrected chi connectivity index (χ3v) is 4.83. The van der Waals surface area contributed by atoms with E-state index in [4.69, 9.17) is 0 Å². The molecule has 0 aromatic heterocycles. The van der Waals surface area contributed by atoms with Gasteiger partial charge in [-0.15, -0.1) is 0 Å². The predicted octanol–water partition coefficient (Wildman–Crippen LogP) is 3.90. The molecule has 1 aliphatic carbocycles. The van der Waals surface area contributed by atoms with Crippen molar-refractivity contribution in [2.75, 3.05) is 23.9 Å². The van der Waals surface area contributed by atoms with Crippen LogP contribution in [0.5, 0.6) is 0 Å². The van der Waals surface area contributed by atoms with Crippen LogP contribution in [0.15, 0.2) is 36.4 Å². The Morgan fingerprint density at radius 1 is 0.679 bits per heavy atom. The number of hydrazine groups is 2. The van der Waals surface area contributed by atoms with Crippen molar-refractivity contribution >= 4 is 22.9 Å². The fourth-order valence-corrected chi connectivity index (χ4v) is 3.28. The Morgan fingerprint density at radius 3 is 1.50 bits per heavy atom. The summed E-state index contributed by atoms with van der Waals surface area (Å²) in [5.41, 5.74) is 15.5. The number of carbonyl (C=O) groups is 2. The zero-order valence-corrected chi connectivity index (χ0v) is 16.5. The zero-order valence-electron chi connectivity index (χ0n) is 16.5. The molecule has 0 bridgehead atoms. The fraction of sp³-hybridized carbons (Fsp3) is 0.364. The molecule has 0 atom stereocenters. The lowest BCUT2D eigenvalue weighted by Gasteiger charge is -2.24. The SMILES string of the molecule is CCCCNNc1ccc(NNCCCC)c2c1C(=O)c1ccccc1C2=O. The van der Waals surface area contributed by atoms with Gasteiger partial charge in [0.1, 0.15) is 0 Å². The summed E-state index contributed by atoms with van der Waals surface area (Å²) in [6.07, 6.45) is 4.19. The van der Waals surface area contributed by atoms with Crippen molar-refractivity contribution in [2.45, 2.75) is 39.5 Å². The van der Waals surface area contributed by atoms with Crippen LogP contribution in [-0.2, 0) is 0 Å². The first-order valence-electron chi connectivity index (χ1n) is 10.0. The van der Waals surface area contributed by atoms with Gasteiger partial charge in [0.2, 0.25) is 0 Å². The summed E-state index contributed by atoms with van der Waals surface area (Å²) >= 11 is 0. The standard InChI is InChI=1S/C22H28N4O2/c1-3-5-13-23-25-17-11-12-18(26-24-14-6-4-2)20-19(17)21(27)15-9-7-8-10-16(15)22(20)28/h7-12,23-26H,3-6,13-14H2,1-2H3. The molecule has 2 aromatic rings. The van der Waals surface area contributed by atoms with Crippen LogP contribution in [0.4, 0.5) is 11.4 Å². The Balaban J connectivity index is 1.97. The average molecular weight is 380 g/mol. The second-order valence-corrected chi connectivity index (χ2v) is 6.93. The van der Waals surface area contributed by atoms with E-state index in [1.165, 1.54) is 0 Å². The van der Waals surface area contributed by atoms with Gasteiger partial charge in [-0.25, -0.2) is 10.9 Å². The lowest BCUT2D eigenvalue weighted by molar-refractivity contribution is 0.0980. The van der Waals surface area contributed by atoms with Gasteiger partial charge in [-0.05, 0) is 25.0 Å². The molecule has 0 radical (unpaired) electrons. The second-order valence-electron chi connectivity index (χ2n) is 6.93. The van der Waals surface area contributed by atoms with Crippen LogP contribution >= 0.6 is 0 Å². The summed E-state index contributed by atoms with van der Waals surface area (Å²) < 4.78 is 0. The fourth-order valence-electron chi connectivity index (χ4n) is 3.28. The summed E-state index contributed by atoms with van der Waals surface area (Å²) in [7, 11) is 0. The summed E-state index contributed by atoms with van der Waals surface area (Å²) in [5, 5.41) is 0. The Kier molecular flexibility index (Phi) is 6.79. The smallest absolute Gasteiger partial charge is 0.196 e. The molecule has 0 saturated carbocycles. The Bertz CT molecular complexity index is 794. The number of rotatable bonds is 10. The Labute approximate surface area is 166 Å². The van der Waals surface area contributed by atoms with Crippen molar-refractivity contribution < 1.29 is 9.59 Å². The molecule has 148 valence electrons. The van der Waals surface area contributed by atoms with Gasteiger partial charge in [-0.2, -0.15) is 0 Å². The number of benzene rings is 2. The van der Waals surface area contributed by atoms with Crippen molar-refractivity contribution in [3.05, 3.63) is 58.7 Å². The van der Waals surface area contributed by atoms with Gasteiger partial charge < -0.3 is 10.9 Å². The van der Waals surface area contributed by atoms with Crippen LogP contribution in [0.1, 0.15) is 71.4 Å². The van der Waals surface area contributed by atoms with Crippen molar-refractivity contribution in [2.24, 2.45) is 0 Å². The Hall–Kier alpha value is -2.70. The van der Waals surface area contributed by atoms with Gasteiger partial charge in [0.05, 0.1) is 22.5 Å². The quantitative estimate of drug-likeness (QED) is 0.315. The van der Waals surface area contributed by atoms with Crippen LogP contribution in [0.3, 0.4) is 0 Å². The van der Waals surface area contributed by atoms with E-state index >= 15 is 0 Å². The predicted molar refractivity (Wildman–Crippen MR) is 113 cm³/mol. The molecule has 0 fully saturated rings. The molecule has 0 aliphatic heterocycles. The third-order valence-electron chi connectivity index (χ3n) is 4.83. The van der Waals surface area contributed by atoms with Crippen molar-refractivity contribution in [3.8, 4) is 0 Å². The average Bonchev–Trinajstić information content (AvgIpc) is 2.72. The number of unbranched alkanes of at least 4 members (excludes halogenated alkanes) is 2. The molecule has 6 heteroatoms. The third kappa shape index (κ3) is 4.08. The minimum Gasteiger partial charge on any atom is -0.321 e. The molecule has 28 heavy (non-hydrogen) atoms. The van der Waals surface area contributed by atoms with E-state index in [1.807, 2.05) is 12.1 Å². The molecule has 0 heterocycles. The number of carbonyl (C=O) groups excluding carboxylic acids is 2. The topological polar surface area (TPSA) is 82.3 Å². The monoisotopic (exact) mass is 380 g/mol. The van der Waals surface area contributed by atoms with Crippen molar-refractivity contribution in [1.82, 2.24) is 10.9 Å². The summed E-state index contributed by atoms with van der Waals surface area (Å²) in [6.45, 7) is 5.80. The van der Waals surface area contributed by atoms with Crippen molar-refractivity contribution in [3.63, 3.8) is 0 Å². The molecule has 0 saturated heterocycles. The van der Waals surface area contributed by atoms with Gasteiger partial charge in [0.25, 0.3) is 0 Å². The molecule has 2 aromatic carbocycles. The number of hydrogen-bond donors (Lipinski definition) is 4. The molecule has 0 amide bonds. The highest BCUT2D eigenvalue weighted by Crippen LogP contribution is 2.36.